The minimum absolute atomic E-state index is 1.07. The first-order chi connectivity index (χ1) is 57.5. The van der Waals surface area contributed by atoms with Crippen LogP contribution < -0.4 is 9.80 Å². The lowest BCUT2D eigenvalue weighted by molar-refractivity contribution is 1.28. The van der Waals surface area contributed by atoms with Gasteiger partial charge in [0.05, 0.1) is 11.4 Å². The number of anilines is 6. The van der Waals surface area contributed by atoms with Gasteiger partial charge in [-0.2, -0.15) is 0 Å². The molecule has 0 saturated heterocycles. The van der Waals surface area contributed by atoms with Crippen molar-refractivity contribution < 1.29 is 0 Å². The maximum absolute atomic E-state index is 2.46. The van der Waals surface area contributed by atoms with Gasteiger partial charge < -0.3 is 9.80 Å². The van der Waals surface area contributed by atoms with Crippen molar-refractivity contribution in [1.29, 1.82) is 0 Å². The van der Waals surface area contributed by atoms with Gasteiger partial charge >= 0.3 is 0 Å². The van der Waals surface area contributed by atoms with Gasteiger partial charge in [0, 0.05) is 74.2 Å². The first kappa shape index (κ1) is 68.3. The third-order valence-electron chi connectivity index (χ3n) is 23.5. The average Bonchev–Trinajstić information content (AvgIpc) is 1.50. The Bertz CT molecular complexity index is 7540. The summed E-state index contributed by atoms with van der Waals surface area (Å²) in [5.41, 5.74) is 27.9. The summed E-state index contributed by atoms with van der Waals surface area (Å²) in [7, 11) is 0. The number of rotatable bonds is 15. The molecule has 0 radical (unpaired) electrons. The number of hydrogen-bond donors (Lipinski definition) is 0. The first-order valence-electron chi connectivity index (χ1n) is 39.7. The van der Waals surface area contributed by atoms with Gasteiger partial charge in [-0.3, -0.25) is 0 Å². The van der Waals surface area contributed by atoms with Crippen LogP contribution in [0.25, 0.3) is 184 Å². The van der Waals surface area contributed by atoms with E-state index in [0.717, 1.165) is 61.9 Å². The second kappa shape index (κ2) is 28.9. The SMILES string of the molecule is c1cc(-c2ccc(-c3cccc4ccccc34)cc2)cc(N(c2ccc(-c3cccc4ccccc34)cc2)c2ccccc2-c2cccc3sc4ccc(-c5ccc6c(-c7ccc(-c8ccc(N(c9ccc(-c%10cccc%11ccccc%10%11)cc9)c9ccccc9-c9cccc%10sc%11ccccc%11c9%10)cc8)cc7)cccc6c5)cc4c23)c1. The standard InChI is InChI=1S/C112H72N2S2/c1-4-29-91-76(20-1)23-14-35-94(91)79-52-48-75(49-53-79)83-26-13-28-90(71-83)114(89-66-58-82(59-67-89)96-37-16-25-78-22-3-6-31-93(78)96)106-42-11-8-33-100(106)102-40-19-45-110-112(102)104-72-85(61-69-108(104)116-110)84-60-68-98-86(70-84)27-17-38-97(98)80-50-46-73(47-51-80)74-54-62-87(63-55-74)113(88-64-56-81(57-65-88)95-36-15-24-77-21-2-5-30-92(77)95)105-41-10-7-32-99(105)101-39-18-44-109-111(101)103-34-9-12-43-107(103)115-109/h1-72H. The van der Waals surface area contributed by atoms with Crippen LogP contribution in [0.2, 0.25) is 0 Å². The Morgan fingerprint density at radius 3 is 0.957 bits per heavy atom. The highest BCUT2D eigenvalue weighted by Crippen LogP contribution is 2.51. The molecule has 0 amide bonds. The maximum Gasteiger partial charge on any atom is 0.0540 e. The molecule has 0 bridgehead atoms. The summed E-state index contributed by atoms with van der Waals surface area (Å²) in [6, 6.07) is 162. The molecule has 0 N–H and O–H groups in total. The summed E-state index contributed by atoms with van der Waals surface area (Å²) >= 11 is 3.73. The van der Waals surface area contributed by atoms with Crippen LogP contribution in [0.15, 0.2) is 437 Å². The number of fused-ring (bicyclic) bond motifs is 10. The van der Waals surface area contributed by atoms with Gasteiger partial charge in [-0.25, -0.2) is 0 Å². The van der Waals surface area contributed by atoms with Gasteiger partial charge in [0.2, 0.25) is 0 Å². The van der Waals surface area contributed by atoms with Gasteiger partial charge in [0.25, 0.3) is 0 Å². The normalized spacial score (nSPS) is 11.6. The second-order valence-electron chi connectivity index (χ2n) is 30.1. The van der Waals surface area contributed by atoms with Crippen molar-refractivity contribution in [2.75, 3.05) is 9.80 Å². The molecule has 0 atom stereocenters. The van der Waals surface area contributed by atoms with Crippen LogP contribution in [0.4, 0.5) is 34.1 Å². The lowest BCUT2D eigenvalue weighted by Crippen LogP contribution is -2.11. The number of benzene rings is 20. The van der Waals surface area contributed by atoms with E-state index in [0.29, 0.717) is 0 Å². The van der Waals surface area contributed by atoms with E-state index in [4.69, 9.17) is 0 Å². The van der Waals surface area contributed by atoms with Crippen LogP contribution in [0, 0.1) is 0 Å². The van der Waals surface area contributed by atoms with E-state index in [1.165, 1.54) is 156 Å². The molecule has 0 aliphatic rings. The molecule has 2 aromatic heterocycles. The zero-order valence-corrected chi connectivity index (χ0v) is 64.9. The van der Waals surface area contributed by atoms with Gasteiger partial charge in [-0.15, -0.1) is 22.7 Å². The molecule has 0 spiro atoms. The monoisotopic (exact) mass is 1510 g/mol. The van der Waals surface area contributed by atoms with Gasteiger partial charge in [0.15, 0.2) is 0 Å². The third kappa shape index (κ3) is 12.2. The number of para-hydroxylation sites is 2. The highest BCUT2D eigenvalue weighted by Gasteiger charge is 2.25. The highest BCUT2D eigenvalue weighted by atomic mass is 32.1. The molecule has 116 heavy (non-hydrogen) atoms. The van der Waals surface area contributed by atoms with E-state index in [2.05, 4.69) is 447 Å². The number of hydrogen-bond acceptors (Lipinski definition) is 4. The summed E-state index contributed by atoms with van der Waals surface area (Å²) in [6.45, 7) is 0. The fourth-order valence-electron chi connectivity index (χ4n) is 17.9. The van der Waals surface area contributed by atoms with E-state index in [1.807, 2.05) is 22.7 Å². The molecule has 2 nitrogen and oxygen atoms in total. The molecule has 2 heterocycles. The van der Waals surface area contributed by atoms with Gasteiger partial charge in [0.1, 0.15) is 0 Å². The predicted octanol–water partition coefficient (Wildman–Crippen LogP) is 33.0. The lowest BCUT2D eigenvalue weighted by atomic mass is 9.93. The lowest BCUT2D eigenvalue weighted by Gasteiger charge is -2.29. The van der Waals surface area contributed by atoms with Crippen molar-refractivity contribution in [3.63, 3.8) is 0 Å². The highest BCUT2D eigenvalue weighted by molar-refractivity contribution is 7.26. The minimum atomic E-state index is 1.07. The topological polar surface area (TPSA) is 6.48 Å². The first-order valence-corrected chi connectivity index (χ1v) is 41.4. The van der Waals surface area contributed by atoms with Crippen molar-refractivity contribution >= 4 is 140 Å². The van der Waals surface area contributed by atoms with Crippen molar-refractivity contribution in [1.82, 2.24) is 0 Å². The summed E-state index contributed by atoms with van der Waals surface area (Å²) in [4.78, 5) is 4.90. The van der Waals surface area contributed by atoms with Gasteiger partial charge in [-0.05, 0) is 229 Å². The van der Waals surface area contributed by atoms with Crippen LogP contribution in [-0.4, -0.2) is 0 Å². The van der Waals surface area contributed by atoms with E-state index < -0.39 is 0 Å². The Hall–Kier alpha value is -14.5. The Labute approximate surface area is 681 Å². The van der Waals surface area contributed by atoms with Crippen LogP contribution in [0.5, 0.6) is 0 Å². The Morgan fingerprint density at radius 1 is 0.147 bits per heavy atom. The van der Waals surface area contributed by atoms with Crippen LogP contribution >= 0.6 is 22.7 Å². The molecular formula is C112H72N2S2. The molecule has 0 unspecified atom stereocenters. The van der Waals surface area contributed by atoms with Crippen molar-refractivity contribution in [3.8, 4) is 100 Å². The molecule has 0 aliphatic carbocycles. The van der Waals surface area contributed by atoms with Crippen molar-refractivity contribution in [3.05, 3.63) is 437 Å². The van der Waals surface area contributed by atoms with E-state index in [9.17, 15) is 0 Å². The summed E-state index contributed by atoms with van der Waals surface area (Å²) in [5.74, 6) is 0. The number of nitrogens with zero attached hydrogens (tertiary/aromatic N) is 2. The van der Waals surface area contributed by atoms with Crippen LogP contribution in [-0.2, 0) is 0 Å². The number of thiophene rings is 2. The molecular weight excluding hydrogens is 1440 g/mol. The fourth-order valence-corrected chi connectivity index (χ4v) is 20.2. The van der Waals surface area contributed by atoms with Crippen molar-refractivity contribution in [2.45, 2.75) is 0 Å². The second-order valence-corrected chi connectivity index (χ2v) is 32.3. The van der Waals surface area contributed by atoms with Gasteiger partial charge in [-0.1, -0.05) is 340 Å². The molecule has 22 aromatic rings. The molecule has 542 valence electrons. The maximum atomic E-state index is 2.46. The third-order valence-corrected chi connectivity index (χ3v) is 25.8. The molecule has 0 aliphatic heterocycles. The minimum Gasteiger partial charge on any atom is -0.310 e. The zero-order chi connectivity index (χ0) is 76.6. The molecule has 22 rings (SSSR count). The largest absolute Gasteiger partial charge is 0.310 e. The quantitative estimate of drug-likeness (QED) is 0.101. The summed E-state index contributed by atoms with van der Waals surface area (Å²) in [5, 5.41) is 15.0. The van der Waals surface area contributed by atoms with Crippen molar-refractivity contribution in [2.24, 2.45) is 0 Å². The Balaban J connectivity index is 0.581. The molecule has 4 heteroatoms. The smallest absolute Gasteiger partial charge is 0.0540 e. The van der Waals surface area contributed by atoms with E-state index >= 15 is 0 Å². The fraction of sp³-hybridized carbons (Fsp3) is 0. The Kier molecular flexibility index (Phi) is 17.0. The van der Waals surface area contributed by atoms with E-state index in [-0.39, 0.29) is 0 Å². The molecule has 20 aromatic carbocycles. The van der Waals surface area contributed by atoms with Crippen LogP contribution in [0.1, 0.15) is 0 Å². The molecule has 0 fully saturated rings. The van der Waals surface area contributed by atoms with E-state index in [1.54, 1.807) is 0 Å². The zero-order valence-electron chi connectivity index (χ0n) is 63.3. The average molecular weight is 1510 g/mol. The van der Waals surface area contributed by atoms with Crippen LogP contribution in [0.3, 0.4) is 0 Å². The summed E-state index contributed by atoms with van der Waals surface area (Å²) < 4.78 is 5.10. The molecule has 0 saturated carbocycles. The summed E-state index contributed by atoms with van der Waals surface area (Å²) in [6.07, 6.45) is 0. The Morgan fingerprint density at radius 2 is 0.448 bits per heavy atom. The predicted molar refractivity (Wildman–Crippen MR) is 501 cm³/mol.